The Bertz CT molecular complexity index is 604. The van der Waals surface area contributed by atoms with Crippen molar-refractivity contribution in [2.45, 2.75) is 25.4 Å². The molecule has 1 fully saturated rings. The lowest BCUT2D eigenvalue weighted by Gasteiger charge is -2.19. The van der Waals surface area contributed by atoms with Gasteiger partial charge in [0.1, 0.15) is 6.33 Å². The molecule has 3 heterocycles. The first kappa shape index (κ1) is 12.1. The second-order valence-corrected chi connectivity index (χ2v) is 4.96. The van der Waals surface area contributed by atoms with Crippen molar-refractivity contribution in [1.29, 1.82) is 0 Å². The summed E-state index contributed by atoms with van der Waals surface area (Å²) in [4.78, 5) is 18.2. The minimum absolute atomic E-state index is 0.0517. The summed E-state index contributed by atoms with van der Waals surface area (Å²) in [5.74, 6) is 0.720. The fraction of sp³-hybridized carbons (Fsp3) is 0.462. The van der Waals surface area contributed by atoms with Crippen LogP contribution in [-0.2, 0) is 6.54 Å². The summed E-state index contributed by atoms with van der Waals surface area (Å²) in [6.07, 6.45) is 7.51. The highest BCUT2D eigenvalue weighted by Gasteiger charge is 2.21. The van der Waals surface area contributed by atoms with Crippen LogP contribution >= 0.6 is 0 Å². The fourth-order valence-electron chi connectivity index (χ4n) is 2.51. The summed E-state index contributed by atoms with van der Waals surface area (Å²) < 4.78 is 3.36. The predicted molar refractivity (Wildman–Crippen MR) is 71.3 cm³/mol. The third-order valence-corrected chi connectivity index (χ3v) is 3.68. The lowest BCUT2D eigenvalue weighted by Crippen LogP contribution is -2.35. The van der Waals surface area contributed by atoms with E-state index >= 15 is 0 Å². The van der Waals surface area contributed by atoms with E-state index < -0.39 is 0 Å². The number of likely N-dealkylation sites (tertiary alicyclic amines) is 1. The molecule has 1 saturated heterocycles. The van der Waals surface area contributed by atoms with Gasteiger partial charge in [-0.05, 0) is 32.5 Å². The largest absolute Gasteiger partial charge is 0.302 e. The second kappa shape index (κ2) is 4.97. The van der Waals surface area contributed by atoms with Gasteiger partial charge in [-0.2, -0.15) is 5.10 Å². The van der Waals surface area contributed by atoms with Crippen LogP contribution in [-0.4, -0.2) is 43.9 Å². The van der Waals surface area contributed by atoms with Crippen LogP contribution in [0.25, 0.3) is 5.82 Å². The summed E-state index contributed by atoms with van der Waals surface area (Å²) in [5, 5.41) is 4.41. The van der Waals surface area contributed by atoms with Crippen molar-refractivity contribution in [3.63, 3.8) is 0 Å². The Morgan fingerprint density at radius 3 is 3.00 bits per heavy atom. The van der Waals surface area contributed by atoms with E-state index in [-0.39, 0.29) is 5.56 Å². The van der Waals surface area contributed by atoms with E-state index in [1.807, 2.05) is 6.20 Å². The summed E-state index contributed by atoms with van der Waals surface area (Å²) in [6.45, 7) is 1.75. The van der Waals surface area contributed by atoms with Crippen LogP contribution < -0.4 is 5.56 Å². The first-order valence-electron chi connectivity index (χ1n) is 6.51. The molecular weight excluding hydrogens is 242 g/mol. The van der Waals surface area contributed by atoms with Crippen LogP contribution in [0.2, 0.25) is 0 Å². The molecule has 0 bridgehead atoms. The smallest absolute Gasteiger partial charge is 0.266 e. The van der Waals surface area contributed by atoms with Gasteiger partial charge >= 0.3 is 0 Å². The molecule has 100 valence electrons. The van der Waals surface area contributed by atoms with Crippen LogP contribution in [0.3, 0.4) is 0 Å². The van der Waals surface area contributed by atoms with Crippen LogP contribution in [0.4, 0.5) is 0 Å². The average Bonchev–Trinajstić information content (AvgIpc) is 3.05. The highest BCUT2D eigenvalue weighted by molar-refractivity contribution is 5.19. The Balaban J connectivity index is 1.88. The molecule has 19 heavy (non-hydrogen) atoms. The van der Waals surface area contributed by atoms with E-state index in [9.17, 15) is 4.79 Å². The molecule has 0 radical (unpaired) electrons. The van der Waals surface area contributed by atoms with Gasteiger partial charge in [-0.15, -0.1) is 0 Å². The highest BCUT2D eigenvalue weighted by atomic mass is 16.1. The van der Waals surface area contributed by atoms with Gasteiger partial charge in [-0.25, -0.2) is 9.67 Å². The zero-order chi connectivity index (χ0) is 13.2. The monoisotopic (exact) mass is 259 g/mol. The number of nitrogens with zero attached hydrogens (tertiary/aromatic N) is 5. The van der Waals surface area contributed by atoms with E-state index in [4.69, 9.17) is 0 Å². The average molecular weight is 259 g/mol. The van der Waals surface area contributed by atoms with Crippen molar-refractivity contribution in [3.8, 4) is 5.82 Å². The van der Waals surface area contributed by atoms with Crippen molar-refractivity contribution in [2.24, 2.45) is 0 Å². The van der Waals surface area contributed by atoms with Gasteiger partial charge in [0, 0.05) is 24.5 Å². The standard InChI is InChI=1S/C13H17N5O/c1-16-7-2-3-11(16)9-18-13(19)5-4-12(15-18)17-8-6-14-10-17/h4-6,8,10-11H,2-3,7,9H2,1H3. The zero-order valence-electron chi connectivity index (χ0n) is 10.9. The summed E-state index contributed by atoms with van der Waals surface area (Å²) in [6, 6.07) is 3.69. The maximum absolute atomic E-state index is 11.9. The van der Waals surface area contributed by atoms with Crippen molar-refractivity contribution in [1.82, 2.24) is 24.2 Å². The summed E-state index contributed by atoms with van der Waals surface area (Å²) in [7, 11) is 2.10. The third-order valence-electron chi connectivity index (χ3n) is 3.68. The van der Waals surface area contributed by atoms with Gasteiger partial charge < -0.3 is 4.90 Å². The SMILES string of the molecule is CN1CCCC1Cn1nc(-n2ccnc2)ccc1=O. The van der Waals surface area contributed by atoms with E-state index in [1.165, 1.54) is 6.42 Å². The molecule has 2 aromatic rings. The summed E-state index contributed by atoms with van der Waals surface area (Å²) in [5.41, 5.74) is -0.0517. The van der Waals surface area contributed by atoms with E-state index in [1.54, 1.807) is 33.9 Å². The third kappa shape index (κ3) is 2.44. The van der Waals surface area contributed by atoms with Crippen LogP contribution in [0.15, 0.2) is 35.6 Å². The molecule has 3 rings (SSSR count). The van der Waals surface area contributed by atoms with Crippen LogP contribution in [0.5, 0.6) is 0 Å². The summed E-state index contributed by atoms with van der Waals surface area (Å²) >= 11 is 0. The second-order valence-electron chi connectivity index (χ2n) is 4.96. The Morgan fingerprint density at radius 1 is 1.42 bits per heavy atom. The molecule has 0 saturated carbocycles. The van der Waals surface area contributed by atoms with Gasteiger partial charge in [-0.3, -0.25) is 9.36 Å². The first-order chi connectivity index (χ1) is 9.24. The van der Waals surface area contributed by atoms with Gasteiger partial charge in [0.2, 0.25) is 0 Å². The minimum Gasteiger partial charge on any atom is -0.302 e. The molecule has 2 aromatic heterocycles. The number of aromatic nitrogens is 4. The normalized spacial score (nSPS) is 19.9. The molecule has 0 spiro atoms. The Hall–Kier alpha value is -1.95. The number of imidazole rings is 1. The molecule has 0 amide bonds. The highest BCUT2D eigenvalue weighted by Crippen LogP contribution is 2.15. The van der Waals surface area contributed by atoms with Crippen LogP contribution in [0.1, 0.15) is 12.8 Å². The molecule has 1 aliphatic rings. The quantitative estimate of drug-likeness (QED) is 0.806. The molecule has 0 aliphatic carbocycles. The molecule has 1 unspecified atom stereocenters. The van der Waals surface area contributed by atoms with E-state index in [0.717, 1.165) is 18.8 Å². The number of hydrogen-bond donors (Lipinski definition) is 0. The van der Waals surface area contributed by atoms with Gasteiger partial charge in [0.05, 0.1) is 6.54 Å². The lowest BCUT2D eigenvalue weighted by molar-refractivity contribution is 0.270. The van der Waals surface area contributed by atoms with E-state index in [2.05, 4.69) is 22.0 Å². The molecule has 6 heteroatoms. The fourth-order valence-corrected chi connectivity index (χ4v) is 2.51. The minimum atomic E-state index is -0.0517. The Kier molecular flexibility index (Phi) is 3.16. The molecule has 0 N–H and O–H groups in total. The topological polar surface area (TPSA) is 56.0 Å². The molecular formula is C13H17N5O. The van der Waals surface area contributed by atoms with Gasteiger partial charge in [-0.1, -0.05) is 0 Å². The maximum atomic E-state index is 11.9. The van der Waals surface area contributed by atoms with Crippen molar-refractivity contribution in [3.05, 3.63) is 41.2 Å². The number of rotatable bonds is 3. The molecule has 6 nitrogen and oxygen atoms in total. The molecule has 1 atom stereocenters. The Labute approximate surface area is 111 Å². The van der Waals surface area contributed by atoms with E-state index in [0.29, 0.717) is 12.6 Å². The number of likely N-dealkylation sites (N-methyl/N-ethyl adjacent to an activating group) is 1. The predicted octanol–water partition coefficient (Wildman–Crippen LogP) is 0.523. The maximum Gasteiger partial charge on any atom is 0.266 e. The molecule has 0 aromatic carbocycles. The first-order valence-corrected chi connectivity index (χ1v) is 6.51. The lowest BCUT2D eigenvalue weighted by atomic mass is 10.2. The van der Waals surface area contributed by atoms with Crippen molar-refractivity contribution >= 4 is 0 Å². The molecule has 1 aliphatic heterocycles. The zero-order valence-corrected chi connectivity index (χ0v) is 10.9. The number of hydrogen-bond acceptors (Lipinski definition) is 4. The Morgan fingerprint density at radius 2 is 2.32 bits per heavy atom. The van der Waals surface area contributed by atoms with Crippen molar-refractivity contribution < 1.29 is 0 Å². The van der Waals surface area contributed by atoms with Crippen LogP contribution in [0, 0.1) is 0 Å². The van der Waals surface area contributed by atoms with Gasteiger partial charge in [0.25, 0.3) is 5.56 Å². The van der Waals surface area contributed by atoms with Gasteiger partial charge in [0.15, 0.2) is 5.82 Å². The van der Waals surface area contributed by atoms with Crippen molar-refractivity contribution in [2.75, 3.05) is 13.6 Å².